The van der Waals surface area contributed by atoms with E-state index in [1.807, 2.05) is 0 Å². The molecule has 2 N–H and O–H groups in total. The molecule has 0 bridgehead atoms. The lowest BCUT2D eigenvalue weighted by Gasteiger charge is -2.32. The van der Waals surface area contributed by atoms with Crippen LogP contribution in [0, 0.1) is 5.92 Å². The van der Waals surface area contributed by atoms with Crippen molar-refractivity contribution in [2.45, 2.75) is 38.3 Å². The standard InChI is InChI=1S/C20H32N4O/c1-23-11-9-19(10-12-23)22-20(25)21-15-17-7-13-24(14-8-17)16-18-5-3-2-4-6-18/h2-6,17,19H,7-16H2,1H3,(H2,21,22,25). The van der Waals surface area contributed by atoms with E-state index in [4.69, 9.17) is 0 Å². The van der Waals surface area contributed by atoms with Gasteiger partial charge in [-0.2, -0.15) is 0 Å². The van der Waals surface area contributed by atoms with Gasteiger partial charge in [0.15, 0.2) is 0 Å². The van der Waals surface area contributed by atoms with Gasteiger partial charge in [-0.15, -0.1) is 0 Å². The van der Waals surface area contributed by atoms with Crippen molar-refractivity contribution in [2.24, 2.45) is 5.92 Å². The highest BCUT2D eigenvalue weighted by Gasteiger charge is 2.21. The molecule has 0 spiro atoms. The summed E-state index contributed by atoms with van der Waals surface area (Å²) in [5.74, 6) is 0.607. The van der Waals surface area contributed by atoms with Gasteiger partial charge in [0.25, 0.3) is 0 Å². The Labute approximate surface area is 151 Å². The molecule has 0 radical (unpaired) electrons. The van der Waals surface area contributed by atoms with E-state index in [-0.39, 0.29) is 6.03 Å². The maximum Gasteiger partial charge on any atom is 0.315 e. The number of likely N-dealkylation sites (tertiary alicyclic amines) is 2. The van der Waals surface area contributed by atoms with Gasteiger partial charge in [0.2, 0.25) is 0 Å². The van der Waals surface area contributed by atoms with Gasteiger partial charge >= 0.3 is 6.03 Å². The predicted molar refractivity (Wildman–Crippen MR) is 101 cm³/mol. The average Bonchev–Trinajstić information content (AvgIpc) is 2.64. The Morgan fingerprint density at radius 1 is 1.04 bits per heavy atom. The Morgan fingerprint density at radius 3 is 2.40 bits per heavy atom. The number of amides is 2. The summed E-state index contributed by atoms with van der Waals surface area (Å²) in [5.41, 5.74) is 1.39. The molecule has 5 heteroatoms. The van der Waals surface area contributed by atoms with Crippen LogP contribution in [-0.4, -0.2) is 61.6 Å². The van der Waals surface area contributed by atoms with Crippen molar-refractivity contribution in [3.63, 3.8) is 0 Å². The van der Waals surface area contributed by atoms with Crippen LogP contribution in [0.5, 0.6) is 0 Å². The van der Waals surface area contributed by atoms with Crippen molar-refractivity contribution < 1.29 is 4.79 Å². The predicted octanol–water partition coefficient (Wildman–Crippen LogP) is 2.29. The third-order valence-corrected chi connectivity index (χ3v) is 5.56. The number of carbonyl (C=O) groups is 1. The Bertz CT molecular complexity index is 520. The quantitative estimate of drug-likeness (QED) is 0.862. The van der Waals surface area contributed by atoms with Crippen molar-refractivity contribution in [3.8, 4) is 0 Å². The van der Waals surface area contributed by atoms with Crippen LogP contribution < -0.4 is 10.6 Å². The maximum absolute atomic E-state index is 12.1. The normalized spacial score (nSPS) is 21.2. The molecular formula is C20H32N4O. The fourth-order valence-electron chi connectivity index (χ4n) is 3.82. The van der Waals surface area contributed by atoms with Crippen LogP contribution in [0.4, 0.5) is 4.79 Å². The summed E-state index contributed by atoms with van der Waals surface area (Å²) in [5, 5.41) is 6.23. The molecule has 2 saturated heterocycles. The molecule has 0 saturated carbocycles. The van der Waals surface area contributed by atoms with Crippen molar-refractivity contribution in [1.29, 1.82) is 0 Å². The smallest absolute Gasteiger partial charge is 0.315 e. The topological polar surface area (TPSA) is 47.6 Å². The number of piperidine rings is 2. The van der Waals surface area contributed by atoms with Crippen LogP contribution in [-0.2, 0) is 6.54 Å². The van der Waals surface area contributed by atoms with Gasteiger partial charge in [-0.1, -0.05) is 30.3 Å². The van der Waals surface area contributed by atoms with Crippen molar-refractivity contribution in [3.05, 3.63) is 35.9 Å². The first-order valence-electron chi connectivity index (χ1n) is 9.68. The molecule has 1 aromatic rings. The Morgan fingerprint density at radius 2 is 1.72 bits per heavy atom. The van der Waals surface area contributed by atoms with Gasteiger partial charge in [-0.25, -0.2) is 4.79 Å². The second kappa shape index (κ2) is 9.20. The van der Waals surface area contributed by atoms with E-state index in [1.165, 1.54) is 18.4 Å². The summed E-state index contributed by atoms with van der Waals surface area (Å²) in [6, 6.07) is 11.0. The highest BCUT2D eigenvalue weighted by molar-refractivity contribution is 5.74. The van der Waals surface area contributed by atoms with E-state index in [1.54, 1.807) is 0 Å². The van der Waals surface area contributed by atoms with Crippen LogP contribution in [0.25, 0.3) is 0 Å². The summed E-state index contributed by atoms with van der Waals surface area (Å²) >= 11 is 0. The fraction of sp³-hybridized carbons (Fsp3) is 0.650. The number of hydrogen-bond donors (Lipinski definition) is 2. The molecule has 0 aromatic heterocycles. The number of urea groups is 1. The number of hydrogen-bond acceptors (Lipinski definition) is 3. The monoisotopic (exact) mass is 344 g/mol. The zero-order valence-corrected chi connectivity index (χ0v) is 15.4. The van der Waals surface area contributed by atoms with Gasteiger partial charge in [-0.3, -0.25) is 4.90 Å². The first kappa shape index (κ1) is 18.2. The van der Waals surface area contributed by atoms with Crippen LogP contribution >= 0.6 is 0 Å². The van der Waals surface area contributed by atoms with E-state index in [0.29, 0.717) is 12.0 Å². The number of rotatable bonds is 5. The molecule has 5 nitrogen and oxygen atoms in total. The molecule has 138 valence electrons. The van der Waals surface area contributed by atoms with E-state index in [0.717, 1.165) is 52.1 Å². The molecule has 2 aliphatic heterocycles. The third kappa shape index (κ3) is 6.01. The average molecular weight is 345 g/mol. The fourth-order valence-corrected chi connectivity index (χ4v) is 3.82. The van der Waals surface area contributed by atoms with Crippen molar-refractivity contribution >= 4 is 6.03 Å². The van der Waals surface area contributed by atoms with Gasteiger partial charge in [-0.05, 0) is 70.4 Å². The second-order valence-corrected chi connectivity index (χ2v) is 7.64. The largest absolute Gasteiger partial charge is 0.338 e. The highest BCUT2D eigenvalue weighted by atomic mass is 16.2. The van der Waals surface area contributed by atoms with E-state index < -0.39 is 0 Å². The molecule has 2 fully saturated rings. The first-order valence-corrected chi connectivity index (χ1v) is 9.68. The minimum absolute atomic E-state index is 0.0151. The summed E-state index contributed by atoms with van der Waals surface area (Å²) in [6.07, 6.45) is 4.45. The summed E-state index contributed by atoms with van der Waals surface area (Å²) in [6.45, 7) is 6.24. The molecule has 0 unspecified atom stereocenters. The summed E-state index contributed by atoms with van der Waals surface area (Å²) in [7, 11) is 2.14. The van der Waals surface area contributed by atoms with Crippen LogP contribution in [0.15, 0.2) is 30.3 Å². The lowest BCUT2D eigenvalue weighted by atomic mass is 9.96. The first-order chi connectivity index (χ1) is 12.2. The third-order valence-electron chi connectivity index (χ3n) is 5.56. The molecule has 2 aliphatic rings. The minimum Gasteiger partial charge on any atom is -0.338 e. The Hall–Kier alpha value is -1.59. The van der Waals surface area contributed by atoms with Gasteiger partial charge in [0.1, 0.15) is 0 Å². The molecule has 3 rings (SSSR count). The Kier molecular flexibility index (Phi) is 6.70. The number of nitrogens with one attached hydrogen (secondary N) is 2. The lowest BCUT2D eigenvalue weighted by Crippen LogP contribution is -2.48. The summed E-state index contributed by atoms with van der Waals surface area (Å²) in [4.78, 5) is 16.9. The van der Waals surface area contributed by atoms with Crippen LogP contribution in [0.1, 0.15) is 31.2 Å². The van der Waals surface area contributed by atoms with E-state index in [2.05, 4.69) is 57.8 Å². The SMILES string of the molecule is CN1CCC(NC(=O)NCC2CCN(Cc3ccccc3)CC2)CC1. The van der Waals surface area contributed by atoms with Gasteiger partial charge in [0.05, 0.1) is 0 Å². The zero-order valence-electron chi connectivity index (χ0n) is 15.4. The Balaban J connectivity index is 1.30. The second-order valence-electron chi connectivity index (χ2n) is 7.64. The maximum atomic E-state index is 12.1. The van der Waals surface area contributed by atoms with Crippen molar-refractivity contribution in [1.82, 2.24) is 20.4 Å². The van der Waals surface area contributed by atoms with Gasteiger partial charge in [0, 0.05) is 19.1 Å². The highest BCUT2D eigenvalue weighted by Crippen LogP contribution is 2.18. The molecule has 2 amide bonds. The summed E-state index contributed by atoms with van der Waals surface area (Å²) < 4.78 is 0. The molecular weight excluding hydrogens is 312 g/mol. The number of benzene rings is 1. The molecule has 0 aliphatic carbocycles. The zero-order chi connectivity index (χ0) is 17.5. The lowest BCUT2D eigenvalue weighted by molar-refractivity contribution is 0.173. The van der Waals surface area contributed by atoms with Crippen molar-refractivity contribution in [2.75, 3.05) is 39.8 Å². The minimum atomic E-state index is 0.0151. The van der Waals surface area contributed by atoms with Crippen LogP contribution in [0.2, 0.25) is 0 Å². The van der Waals surface area contributed by atoms with E-state index >= 15 is 0 Å². The number of nitrogens with zero attached hydrogens (tertiary/aromatic N) is 2. The molecule has 1 aromatic carbocycles. The number of carbonyl (C=O) groups excluding carboxylic acids is 1. The molecule has 25 heavy (non-hydrogen) atoms. The van der Waals surface area contributed by atoms with E-state index in [9.17, 15) is 4.79 Å². The molecule has 2 heterocycles. The molecule has 0 atom stereocenters. The van der Waals surface area contributed by atoms with Crippen LogP contribution in [0.3, 0.4) is 0 Å². The van der Waals surface area contributed by atoms with Gasteiger partial charge < -0.3 is 15.5 Å².